The number of alkyl halides is 6. The van der Waals surface area contributed by atoms with Crippen LogP contribution < -0.4 is 25.4 Å². The van der Waals surface area contributed by atoms with Crippen molar-refractivity contribution >= 4 is 52.3 Å². The number of phenolic OH excluding ortho intramolecular Hbond substituents is 1. The zero-order valence-corrected chi connectivity index (χ0v) is 63.4. The Morgan fingerprint density at radius 1 is 0.519 bits per heavy atom. The molecule has 3 aromatic carbocycles. The Bertz CT molecular complexity index is 4580. The number of halogens is 9. The van der Waals surface area contributed by atoms with Gasteiger partial charge in [0.2, 0.25) is 0 Å². The maximum Gasteiger partial charge on any atom is 0.280 e. The van der Waals surface area contributed by atoms with E-state index in [1.807, 2.05) is 13.8 Å². The third kappa shape index (κ3) is 18.1. The zero-order chi connectivity index (χ0) is 76.4. The number of aromatic nitrogens is 9. The van der Waals surface area contributed by atoms with E-state index in [1.54, 1.807) is 128 Å². The van der Waals surface area contributed by atoms with E-state index >= 15 is 0 Å². The van der Waals surface area contributed by atoms with Crippen molar-refractivity contribution in [3.05, 3.63) is 121 Å². The first-order valence-electron chi connectivity index (χ1n) is 34.8. The number of aliphatic hydroxyl groups is 1. The van der Waals surface area contributed by atoms with E-state index in [2.05, 4.69) is 51.4 Å². The molecule has 568 valence electrons. The lowest BCUT2D eigenvalue weighted by atomic mass is 10.00. The fraction of sp³-hybridized carbons (Fsp3) is 0.473. The van der Waals surface area contributed by atoms with Crippen molar-refractivity contribution in [1.29, 1.82) is 0 Å². The number of likely N-dealkylation sites (tertiary alicyclic amines) is 3. The normalized spacial score (nSPS) is 19.5. The minimum Gasteiger partial charge on any atom is -0.508 e. The number of nitrogens with one attached hydrogen (secondary N) is 3. The maximum absolute atomic E-state index is 15.0. The number of phenols is 1. The van der Waals surface area contributed by atoms with Gasteiger partial charge in [0, 0.05) is 53.0 Å². The van der Waals surface area contributed by atoms with Crippen LogP contribution in [0.2, 0.25) is 15.1 Å². The molecule has 5 atom stereocenters. The van der Waals surface area contributed by atoms with Crippen LogP contribution in [0.15, 0.2) is 68.2 Å². The number of hydrogen-bond acceptors (Lipinski definition) is 23. The van der Waals surface area contributed by atoms with E-state index in [9.17, 15) is 36.6 Å². The molecule has 0 spiro atoms. The molecule has 0 amide bonds. The van der Waals surface area contributed by atoms with Gasteiger partial charge in [-0.1, -0.05) is 63.6 Å². The molecule has 6 aromatic heterocycles. The zero-order valence-electron chi connectivity index (χ0n) is 61.1. The number of piperidine rings is 3. The molecule has 0 saturated carbocycles. The van der Waals surface area contributed by atoms with Crippen molar-refractivity contribution in [2.75, 3.05) is 96.2 Å². The van der Waals surface area contributed by atoms with Gasteiger partial charge in [-0.15, -0.1) is 0 Å². The lowest BCUT2D eigenvalue weighted by molar-refractivity contribution is -0.0678. The summed E-state index contributed by atoms with van der Waals surface area (Å²) in [4.78, 5) is 33.0. The summed E-state index contributed by atoms with van der Waals surface area (Å²) in [5.74, 6) is -4.45. The molecule has 106 heavy (non-hydrogen) atoms. The third-order valence-corrected chi connectivity index (χ3v) is 20.0. The van der Waals surface area contributed by atoms with Gasteiger partial charge in [0.15, 0.2) is 17.5 Å². The summed E-state index contributed by atoms with van der Waals surface area (Å²) in [7, 11) is 5.06. The number of aromatic hydroxyl groups is 1. The minimum atomic E-state index is -2.95. The van der Waals surface area contributed by atoms with Crippen molar-refractivity contribution in [3.8, 4) is 85.2 Å². The highest BCUT2D eigenvalue weighted by Gasteiger charge is 2.47. The maximum atomic E-state index is 15.0. The Labute approximate surface area is 625 Å². The predicted octanol–water partition coefficient (Wildman–Crippen LogP) is 15.4. The molecular formula is C74H86Cl3F6N15O8. The molecule has 23 nitrogen and oxygen atoms in total. The van der Waals surface area contributed by atoms with Crippen LogP contribution in [0, 0.1) is 62.3 Å². The summed E-state index contributed by atoms with van der Waals surface area (Å²) in [6.45, 7) is 19.9. The fourth-order valence-corrected chi connectivity index (χ4v) is 13.7. The number of nitrogens with zero attached hydrogens (tertiary/aromatic N) is 12. The summed E-state index contributed by atoms with van der Waals surface area (Å²) in [6.07, 6.45) is 1.76. The van der Waals surface area contributed by atoms with Gasteiger partial charge in [0.1, 0.15) is 71.3 Å². The molecule has 13 rings (SSSR count). The van der Waals surface area contributed by atoms with Crippen molar-refractivity contribution in [1.82, 2.24) is 60.1 Å². The second-order valence-electron chi connectivity index (χ2n) is 27.6. The van der Waals surface area contributed by atoms with Gasteiger partial charge in [0.25, 0.3) is 17.8 Å². The van der Waals surface area contributed by atoms with Crippen LogP contribution in [0.25, 0.3) is 67.9 Å². The van der Waals surface area contributed by atoms with Gasteiger partial charge >= 0.3 is 0 Å². The lowest BCUT2D eigenvalue weighted by Crippen LogP contribution is -2.53. The smallest absolute Gasteiger partial charge is 0.280 e. The highest BCUT2D eigenvalue weighted by Crippen LogP contribution is 2.43. The van der Waals surface area contributed by atoms with Gasteiger partial charge in [-0.2, -0.15) is 0 Å². The molecule has 4 saturated heterocycles. The number of ether oxygens (including phenoxy) is 3. The van der Waals surface area contributed by atoms with Gasteiger partial charge < -0.3 is 68.6 Å². The van der Waals surface area contributed by atoms with E-state index in [4.69, 9.17) is 72.6 Å². The van der Waals surface area contributed by atoms with Crippen molar-refractivity contribution in [2.24, 2.45) is 0 Å². The molecule has 0 radical (unpaired) electrons. The van der Waals surface area contributed by atoms with Gasteiger partial charge in [-0.05, 0) is 164 Å². The molecule has 3 unspecified atom stereocenters. The van der Waals surface area contributed by atoms with Crippen LogP contribution in [-0.2, 0) is 4.74 Å². The second-order valence-corrected chi connectivity index (χ2v) is 28.8. The van der Waals surface area contributed by atoms with Crippen LogP contribution in [0.5, 0.6) is 17.2 Å². The Morgan fingerprint density at radius 3 is 1.18 bits per heavy atom. The van der Waals surface area contributed by atoms with Crippen LogP contribution >= 0.6 is 34.8 Å². The topological polar surface area (TPSA) is 273 Å². The quantitative estimate of drug-likeness (QED) is 0.0350. The van der Waals surface area contributed by atoms with Crippen LogP contribution in [0.3, 0.4) is 0 Å². The number of benzene rings is 3. The first-order chi connectivity index (χ1) is 50.2. The van der Waals surface area contributed by atoms with E-state index in [1.165, 1.54) is 18.2 Å². The average molecular weight is 1530 g/mol. The van der Waals surface area contributed by atoms with Gasteiger partial charge in [-0.25, -0.2) is 56.2 Å². The van der Waals surface area contributed by atoms with Crippen LogP contribution in [-0.4, -0.2) is 199 Å². The SMILES string of the molecule is CCC[C@@H](O)COc1ccc(Cl)c(-c2nc(NC3CCN(C)CC3(F)F)c(C)c(-c3c(C)noc3C)n2)c1.Cc1noc(C)c1-c1nc(-c2cc(O)ccc2Cl)nc(NC2CCN(C)CC2(F)F)c1C.Cc1noc(C)c1-c1nc(-c2cc(OC[C@H]3CO3)ccc2Cl)nc(NC2CCN(C)CC2(F)F)c1C. The molecule has 0 bridgehead atoms. The molecule has 4 fully saturated rings. The highest BCUT2D eigenvalue weighted by atomic mass is 35.5. The number of rotatable bonds is 20. The Kier molecular flexibility index (Phi) is 24.2. The van der Waals surface area contributed by atoms with Gasteiger partial charge in [-0.3, -0.25) is 0 Å². The standard InChI is InChI=1S/C27H34ClF2N5O3.C25H28ClF2N5O3.C22H24ClF2N5O2/c1-6-7-18(36)13-37-19-8-9-21(28)20(12-19)26-32-24(23-16(3)34-38-17(23)4)15(2)25(33-26)31-22-10-11-35(5)14-27(22,29)30;1-13-22(21-14(2)32-36-15(21)3)30-24(18-9-16(5-6-19(18)26)34-10-17-11-35-17)31-23(13)29-20-7-8-33(4)12-25(20,27)28;1-11-19(18-12(2)29-32-13(18)3)27-21(15-9-14(31)5-6-16(15)23)28-20(11)26-17-7-8-30(4)10-22(17,24)25/h8-9,12,18,22,36H,6-7,10-11,13-14H2,1-5H3,(H,31,32,33);5-6,9,17,20H,7-8,10-12H2,1-4H3,(H,29,30,31);5-6,9,17,31H,7-8,10H2,1-4H3,(H,26,27,28)/t18-,22?;17-,20?;/m10./s1. The average Bonchev–Trinajstić information content (AvgIpc) is 1.28. The summed E-state index contributed by atoms with van der Waals surface area (Å²) in [5, 5.41) is 42.2. The second kappa shape index (κ2) is 32.6. The Hall–Kier alpha value is -8.42. The molecule has 32 heteroatoms. The third-order valence-electron chi connectivity index (χ3n) is 19.0. The number of anilines is 3. The Balaban J connectivity index is 0.000000159. The first-order valence-corrected chi connectivity index (χ1v) is 35.9. The predicted molar refractivity (Wildman–Crippen MR) is 393 cm³/mol. The number of aliphatic hydroxyl groups excluding tert-OH is 1. The molecule has 4 aliphatic rings. The summed E-state index contributed by atoms with van der Waals surface area (Å²) in [6, 6.07) is 11.4. The van der Waals surface area contributed by atoms with Gasteiger partial charge in [0.05, 0.1) is 116 Å². The summed E-state index contributed by atoms with van der Waals surface area (Å²) >= 11 is 19.5. The van der Waals surface area contributed by atoms with E-state index in [0.29, 0.717) is 179 Å². The lowest BCUT2D eigenvalue weighted by Gasteiger charge is -2.37. The van der Waals surface area contributed by atoms with Crippen molar-refractivity contribution in [3.63, 3.8) is 0 Å². The Morgan fingerprint density at radius 2 is 0.858 bits per heavy atom. The van der Waals surface area contributed by atoms with Crippen LogP contribution in [0.4, 0.5) is 43.8 Å². The number of aryl methyl sites for hydroxylation is 6. The molecule has 5 N–H and O–H groups in total. The van der Waals surface area contributed by atoms with E-state index < -0.39 is 42.0 Å². The minimum absolute atomic E-state index is 0.0103. The molecular weight excluding hydrogens is 1450 g/mol. The van der Waals surface area contributed by atoms with Crippen LogP contribution in [0.1, 0.15) is 90.1 Å². The first kappa shape index (κ1) is 78.6. The van der Waals surface area contributed by atoms with Crippen molar-refractivity contribution in [2.45, 2.75) is 149 Å². The number of hydrogen-bond donors (Lipinski definition) is 5. The molecule has 0 aliphatic carbocycles. The molecule has 4 aliphatic heterocycles. The monoisotopic (exact) mass is 1530 g/mol. The largest absolute Gasteiger partial charge is 0.508 e. The van der Waals surface area contributed by atoms with E-state index in [0.717, 1.165) is 6.42 Å². The summed E-state index contributed by atoms with van der Waals surface area (Å²) in [5.41, 5.74) is 8.69. The summed E-state index contributed by atoms with van der Waals surface area (Å²) < 4.78 is 122. The molecule has 9 aromatic rings. The number of epoxide rings is 1. The van der Waals surface area contributed by atoms with E-state index in [-0.39, 0.29) is 80.6 Å². The highest BCUT2D eigenvalue weighted by molar-refractivity contribution is 6.34. The van der Waals surface area contributed by atoms with Crippen molar-refractivity contribution < 1.29 is 64.3 Å². The molecule has 10 heterocycles. The fourth-order valence-electron chi connectivity index (χ4n) is 13.1.